The summed E-state index contributed by atoms with van der Waals surface area (Å²) in [5.74, 6) is 0.482. The molecule has 1 aromatic rings. The van der Waals surface area contributed by atoms with Crippen LogP contribution in [0.2, 0.25) is 0 Å². The second kappa shape index (κ2) is 8.48. The number of hydrogen-bond acceptors (Lipinski definition) is 3. The van der Waals surface area contributed by atoms with Crippen molar-refractivity contribution in [2.75, 3.05) is 32.7 Å². The summed E-state index contributed by atoms with van der Waals surface area (Å²) in [5.41, 5.74) is 1.34. The van der Waals surface area contributed by atoms with Gasteiger partial charge in [0.1, 0.15) is 0 Å². The average molecular weight is 343 g/mol. The third kappa shape index (κ3) is 4.82. The summed E-state index contributed by atoms with van der Waals surface area (Å²) >= 11 is 0. The standard InChI is InChI=1S/C20H29N3O2/c1-2-23-15-18(11-19(23)24)20(25)21-12-17-9-6-10-22(14-17)13-16-7-4-3-5-8-16/h3-5,7-8,17-18H,2,6,9-15H2,1H3,(H,21,25)/t17-,18-/m0/s1. The molecule has 2 aliphatic rings. The number of rotatable bonds is 6. The number of nitrogens with one attached hydrogen (secondary N) is 1. The van der Waals surface area contributed by atoms with E-state index in [0.29, 0.717) is 25.4 Å². The van der Waals surface area contributed by atoms with Crippen molar-refractivity contribution in [1.29, 1.82) is 0 Å². The van der Waals surface area contributed by atoms with E-state index < -0.39 is 0 Å². The van der Waals surface area contributed by atoms with Gasteiger partial charge < -0.3 is 10.2 Å². The van der Waals surface area contributed by atoms with Crippen LogP contribution in [-0.4, -0.2) is 54.3 Å². The fourth-order valence-electron chi connectivity index (χ4n) is 3.95. The molecule has 0 unspecified atom stereocenters. The van der Waals surface area contributed by atoms with Crippen molar-refractivity contribution in [2.24, 2.45) is 11.8 Å². The molecule has 0 spiro atoms. The van der Waals surface area contributed by atoms with Gasteiger partial charge in [0.05, 0.1) is 5.92 Å². The van der Waals surface area contributed by atoms with E-state index in [0.717, 1.165) is 32.6 Å². The van der Waals surface area contributed by atoms with Crippen LogP contribution in [0.5, 0.6) is 0 Å². The molecule has 0 radical (unpaired) electrons. The smallest absolute Gasteiger partial charge is 0.225 e. The first-order valence-corrected chi connectivity index (χ1v) is 9.47. The van der Waals surface area contributed by atoms with Crippen LogP contribution in [0.15, 0.2) is 30.3 Å². The normalized spacial score (nSPS) is 24.5. The highest BCUT2D eigenvalue weighted by Gasteiger charge is 2.33. The Balaban J connectivity index is 1.43. The number of nitrogens with zero attached hydrogens (tertiary/aromatic N) is 2. The highest BCUT2D eigenvalue weighted by molar-refractivity contribution is 5.89. The fraction of sp³-hybridized carbons (Fsp3) is 0.600. The molecule has 136 valence electrons. The van der Waals surface area contributed by atoms with Crippen molar-refractivity contribution in [1.82, 2.24) is 15.1 Å². The number of hydrogen-bond donors (Lipinski definition) is 1. The van der Waals surface area contributed by atoms with Crippen LogP contribution in [0.1, 0.15) is 31.7 Å². The zero-order valence-corrected chi connectivity index (χ0v) is 15.1. The Morgan fingerprint density at radius 2 is 2.04 bits per heavy atom. The van der Waals surface area contributed by atoms with Crippen molar-refractivity contribution in [3.8, 4) is 0 Å². The lowest BCUT2D eigenvalue weighted by molar-refractivity contribution is -0.128. The SMILES string of the molecule is CCN1C[C@@H](C(=O)NC[C@@H]2CCCN(Cc3ccccc3)C2)CC1=O. The third-order valence-electron chi connectivity index (χ3n) is 5.38. The third-order valence-corrected chi connectivity index (χ3v) is 5.38. The first-order valence-electron chi connectivity index (χ1n) is 9.47. The second-order valence-electron chi connectivity index (χ2n) is 7.31. The highest BCUT2D eigenvalue weighted by atomic mass is 16.2. The molecule has 2 heterocycles. The summed E-state index contributed by atoms with van der Waals surface area (Å²) in [6, 6.07) is 10.5. The number of benzene rings is 1. The predicted octanol–water partition coefficient (Wildman–Crippen LogP) is 1.88. The molecule has 25 heavy (non-hydrogen) atoms. The number of carbonyl (C=O) groups excluding carboxylic acids is 2. The second-order valence-corrected chi connectivity index (χ2v) is 7.31. The molecule has 2 aliphatic heterocycles. The highest BCUT2D eigenvalue weighted by Crippen LogP contribution is 2.20. The van der Waals surface area contributed by atoms with Crippen molar-refractivity contribution >= 4 is 11.8 Å². The molecular formula is C20H29N3O2. The summed E-state index contributed by atoms with van der Waals surface area (Å²) < 4.78 is 0. The van der Waals surface area contributed by atoms with Crippen LogP contribution >= 0.6 is 0 Å². The van der Waals surface area contributed by atoms with Gasteiger partial charge in [-0.25, -0.2) is 0 Å². The van der Waals surface area contributed by atoms with Gasteiger partial charge in [-0.2, -0.15) is 0 Å². The molecule has 0 aliphatic carbocycles. The maximum absolute atomic E-state index is 12.4. The van der Waals surface area contributed by atoms with Crippen LogP contribution in [0.3, 0.4) is 0 Å². The van der Waals surface area contributed by atoms with Crippen LogP contribution in [-0.2, 0) is 16.1 Å². The van der Waals surface area contributed by atoms with Gasteiger partial charge >= 0.3 is 0 Å². The molecule has 2 atom stereocenters. The lowest BCUT2D eigenvalue weighted by atomic mass is 9.97. The Kier molecular flexibility index (Phi) is 6.08. The van der Waals surface area contributed by atoms with Crippen LogP contribution < -0.4 is 5.32 Å². The van der Waals surface area contributed by atoms with Crippen molar-refractivity contribution in [3.63, 3.8) is 0 Å². The number of likely N-dealkylation sites (tertiary alicyclic amines) is 2. The first kappa shape index (κ1) is 17.9. The minimum absolute atomic E-state index is 0.0458. The first-order chi connectivity index (χ1) is 12.2. The molecule has 5 heteroatoms. The molecule has 0 bridgehead atoms. The van der Waals surface area contributed by atoms with Crippen molar-refractivity contribution < 1.29 is 9.59 Å². The van der Waals surface area contributed by atoms with Gasteiger partial charge in [0.2, 0.25) is 11.8 Å². The Morgan fingerprint density at radius 1 is 1.24 bits per heavy atom. The van der Waals surface area contributed by atoms with E-state index in [4.69, 9.17) is 0 Å². The zero-order chi connectivity index (χ0) is 17.6. The van der Waals surface area contributed by atoms with Crippen LogP contribution in [0.25, 0.3) is 0 Å². The summed E-state index contributed by atoms with van der Waals surface area (Å²) in [4.78, 5) is 28.4. The molecule has 2 amide bonds. The van der Waals surface area contributed by atoms with Crippen molar-refractivity contribution in [3.05, 3.63) is 35.9 Å². The molecule has 0 saturated carbocycles. The summed E-state index contributed by atoms with van der Waals surface area (Å²) in [6.07, 6.45) is 2.71. The lowest BCUT2D eigenvalue weighted by Gasteiger charge is -2.33. The van der Waals surface area contributed by atoms with Gasteiger partial charge in [0.15, 0.2) is 0 Å². The predicted molar refractivity (Wildman–Crippen MR) is 97.8 cm³/mol. The van der Waals surface area contributed by atoms with E-state index in [1.54, 1.807) is 4.90 Å². The van der Waals surface area contributed by atoms with Crippen LogP contribution in [0.4, 0.5) is 0 Å². The molecular weight excluding hydrogens is 314 g/mol. The summed E-state index contributed by atoms with van der Waals surface area (Å²) in [6.45, 7) is 7.09. The minimum atomic E-state index is -0.170. The molecule has 3 rings (SSSR count). The number of carbonyl (C=O) groups is 2. The van der Waals surface area contributed by atoms with Gasteiger partial charge in [-0.3, -0.25) is 14.5 Å². The Morgan fingerprint density at radius 3 is 2.76 bits per heavy atom. The topological polar surface area (TPSA) is 52.7 Å². The molecule has 0 aromatic heterocycles. The summed E-state index contributed by atoms with van der Waals surface area (Å²) in [5, 5.41) is 3.10. The Hall–Kier alpha value is -1.88. The largest absolute Gasteiger partial charge is 0.355 e. The Labute approximate surface area is 150 Å². The molecule has 1 N–H and O–H groups in total. The van der Waals surface area contributed by atoms with E-state index >= 15 is 0 Å². The van der Waals surface area contributed by atoms with Crippen molar-refractivity contribution in [2.45, 2.75) is 32.7 Å². The Bertz CT molecular complexity index is 590. The van der Waals surface area contributed by atoms with E-state index in [2.05, 4.69) is 34.5 Å². The van der Waals surface area contributed by atoms with Gasteiger partial charge in [-0.05, 0) is 37.8 Å². The van der Waals surface area contributed by atoms with E-state index in [1.807, 2.05) is 13.0 Å². The van der Waals surface area contributed by atoms with Gasteiger partial charge in [-0.1, -0.05) is 30.3 Å². The maximum atomic E-state index is 12.4. The number of piperidine rings is 1. The maximum Gasteiger partial charge on any atom is 0.225 e. The minimum Gasteiger partial charge on any atom is -0.355 e. The van der Waals surface area contributed by atoms with E-state index in [-0.39, 0.29) is 17.7 Å². The fourth-order valence-corrected chi connectivity index (χ4v) is 3.95. The van der Waals surface area contributed by atoms with Gasteiger partial charge in [-0.15, -0.1) is 0 Å². The zero-order valence-electron chi connectivity index (χ0n) is 15.1. The van der Waals surface area contributed by atoms with Crippen LogP contribution in [0, 0.1) is 11.8 Å². The molecule has 2 fully saturated rings. The molecule has 5 nitrogen and oxygen atoms in total. The lowest BCUT2D eigenvalue weighted by Crippen LogP contribution is -2.42. The van der Waals surface area contributed by atoms with E-state index in [9.17, 15) is 9.59 Å². The monoisotopic (exact) mass is 343 g/mol. The average Bonchev–Trinajstić information content (AvgIpc) is 3.02. The number of amides is 2. The molecule has 1 aromatic carbocycles. The van der Waals surface area contributed by atoms with Gasteiger partial charge in [0.25, 0.3) is 0 Å². The summed E-state index contributed by atoms with van der Waals surface area (Å²) in [7, 11) is 0. The quantitative estimate of drug-likeness (QED) is 0.858. The molecule has 2 saturated heterocycles. The van der Waals surface area contributed by atoms with E-state index in [1.165, 1.54) is 12.0 Å². The van der Waals surface area contributed by atoms with Gasteiger partial charge in [0, 0.05) is 39.1 Å².